The average Bonchev–Trinajstić information content (AvgIpc) is 3.35. The Morgan fingerprint density at radius 3 is 2.43 bits per heavy atom. The molecule has 0 spiro atoms. The highest BCUT2D eigenvalue weighted by Gasteiger charge is 2.31. The molecule has 0 bridgehead atoms. The molecule has 1 aliphatic heterocycles. The molecule has 5 heteroatoms. The maximum atomic E-state index is 10.0. The first-order chi connectivity index (χ1) is 14.2. The van der Waals surface area contributed by atoms with Gasteiger partial charge in [0, 0.05) is 36.3 Å². The monoisotopic (exact) mass is 401 g/mol. The molecule has 1 atom stereocenters. The molecular weight excluding hydrogens is 370 g/mol. The first-order valence-corrected chi connectivity index (χ1v) is 10.7. The van der Waals surface area contributed by atoms with Gasteiger partial charge in [-0.1, -0.05) is 51.1 Å². The smallest absolute Gasteiger partial charge is 0.156 e. The minimum absolute atomic E-state index is 0.0893. The first kappa shape index (κ1) is 20.4. The van der Waals surface area contributed by atoms with Gasteiger partial charge >= 0.3 is 0 Å². The molecule has 0 N–H and O–H groups in total. The van der Waals surface area contributed by atoms with Crippen LogP contribution in [0.1, 0.15) is 44.0 Å². The van der Waals surface area contributed by atoms with Gasteiger partial charge in [-0.05, 0) is 38.6 Å². The van der Waals surface area contributed by atoms with Crippen LogP contribution in [0.5, 0.6) is 0 Å². The van der Waals surface area contributed by atoms with Gasteiger partial charge in [0.15, 0.2) is 5.65 Å². The summed E-state index contributed by atoms with van der Waals surface area (Å²) in [6, 6.07) is 13.4. The van der Waals surface area contributed by atoms with Crippen molar-refractivity contribution in [2.45, 2.75) is 45.6 Å². The van der Waals surface area contributed by atoms with Crippen LogP contribution in [0.25, 0.3) is 16.8 Å². The number of fused-ring (bicyclic) bond motifs is 1. The summed E-state index contributed by atoms with van der Waals surface area (Å²) < 4.78 is 2.17. The maximum Gasteiger partial charge on any atom is 0.156 e. The normalized spacial score (nSPS) is 17.1. The second kappa shape index (κ2) is 7.45. The number of nitrogens with zero attached hydrogens (tertiary/aromatic N) is 5. The summed E-state index contributed by atoms with van der Waals surface area (Å²) in [5.41, 5.74) is 5.63. The van der Waals surface area contributed by atoms with Crippen LogP contribution in [0.2, 0.25) is 0 Å². The molecule has 0 amide bonds. The molecule has 1 fully saturated rings. The number of pyridine rings is 1. The third-order valence-electron chi connectivity index (χ3n) is 6.27. The maximum absolute atomic E-state index is 10.0. The van der Waals surface area contributed by atoms with E-state index in [-0.39, 0.29) is 5.41 Å². The third kappa shape index (κ3) is 3.36. The predicted molar refractivity (Wildman–Crippen MR) is 123 cm³/mol. The Bertz CT molecular complexity index is 1110. The van der Waals surface area contributed by atoms with E-state index >= 15 is 0 Å². The lowest BCUT2D eigenvalue weighted by molar-refractivity contribution is 0.315. The zero-order valence-corrected chi connectivity index (χ0v) is 18.9. The molecule has 2 aromatic heterocycles. The lowest BCUT2D eigenvalue weighted by atomic mass is 9.93. The Balaban J connectivity index is 2.05. The first-order valence-electron chi connectivity index (χ1n) is 10.7. The number of benzene rings is 1. The number of likely N-dealkylation sites (N-methyl/N-ethyl adjacent to an activating group) is 1. The highest BCUT2D eigenvalue weighted by atomic mass is 15.3. The zero-order chi connectivity index (χ0) is 21.6. The van der Waals surface area contributed by atoms with Crippen molar-refractivity contribution < 1.29 is 0 Å². The molecule has 30 heavy (non-hydrogen) atoms. The fraction of sp³-hybridized carbons (Fsp3) is 0.440. The molecule has 0 aliphatic carbocycles. The summed E-state index contributed by atoms with van der Waals surface area (Å²) in [6.07, 6.45) is 3.27. The highest BCUT2D eigenvalue weighted by Crippen LogP contribution is 2.40. The third-order valence-corrected chi connectivity index (χ3v) is 6.27. The van der Waals surface area contributed by atoms with Crippen LogP contribution >= 0.6 is 0 Å². The standard InChI is InChI=1S/C25H31N5/c1-17-20(14-26)23-27-21(25(2,3)4)16-30(23)24(22(17)18-10-8-7-9-11-18)29-13-12-19(15-29)28(5)6/h7-11,16,19H,12-13,15H2,1-6H3/t19-/m0/s1. The van der Waals surface area contributed by atoms with E-state index in [2.05, 4.69) is 92.5 Å². The number of rotatable bonds is 3. The zero-order valence-electron chi connectivity index (χ0n) is 18.9. The summed E-state index contributed by atoms with van der Waals surface area (Å²) in [7, 11) is 4.31. The van der Waals surface area contributed by atoms with Crippen LogP contribution in [0.3, 0.4) is 0 Å². The molecule has 1 saturated heterocycles. The van der Waals surface area contributed by atoms with E-state index in [4.69, 9.17) is 4.98 Å². The van der Waals surface area contributed by atoms with Gasteiger partial charge in [0.2, 0.25) is 0 Å². The number of aromatic nitrogens is 2. The topological polar surface area (TPSA) is 47.6 Å². The van der Waals surface area contributed by atoms with Gasteiger partial charge in [-0.15, -0.1) is 0 Å². The SMILES string of the molecule is Cc1c(-c2ccccc2)c(N2CC[C@H](N(C)C)C2)n2cc(C(C)(C)C)nc2c1C#N. The van der Waals surface area contributed by atoms with Gasteiger partial charge in [-0.2, -0.15) is 5.26 Å². The number of imidazole rings is 1. The summed E-state index contributed by atoms with van der Waals surface area (Å²) in [4.78, 5) is 9.72. The van der Waals surface area contributed by atoms with Crippen molar-refractivity contribution in [1.82, 2.24) is 14.3 Å². The number of anilines is 1. The van der Waals surface area contributed by atoms with Crippen molar-refractivity contribution in [1.29, 1.82) is 5.26 Å². The molecular formula is C25H31N5. The Morgan fingerprint density at radius 1 is 1.17 bits per heavy atom. The van der Waals surface area contributed by atoms with E-state index in [0.717, 1.165) is 53.4 Å². The minimum atomic E-state index is -0.0893. The quantitative estimate of drug-likeness (QED) is 0.643. The van der Waals surface area contributed by atoms with Crippen molar-refractivity contribution in [3.63, 3.8) is 0 Å². The van der Waals surface area contributed by atoms with Gasteiger partial charge in [-0.25, -0.2) is 4.98 Å². The van der Waals surface area contributed by atoms with Crippen molar-refractivity contribution in [3.05, 3.63) is 53.3 Å². The van der Waals surface area contributed by atoms with E-state index in [1.54, 1.807) is 0 Å². The van der Waals surface area contributed by atoms with Crippen LogP contribution in [0, 0.1) is 18.3 Å². The van der Waals surface area contributed by atoms with Gasteiger partial charge in [-0.3, -0.25) is 4.40 Å². The summed E-state index contributed by atoms with van der Waals surface area (Å²) in [5.74, 6) is 1.15. The van der Waals surface area contributed by atoms with E-state index < -0.39 is 0 Å². The largest absolute Gasteiger partial charge is 0.356 e. The van der Waals surface area contributed by atoms with Gasteiger partial charge < -0.3 is 9.80 Å². The fourth-order valence-corrected chi connectivity index (χ4v) is 4.41. The summed E-state index contributed by atoms with van der Waals surface area (Å²) in [6.45, 7) is 10.5. The van der Waals surface area contributed by atoms with Crippen molar-refractivity contribution in [3.8, 4) is 17.2 Å². The number of nitriles is 1. The molecule has 0 radical (unpaired) electrons. The Hall–Kier alpha value is -2.84. The summed E-state index contributed by atoms with van der Waals surface area (Å²) >= 11 is 0. The van der Waals surface area contributed by atoms with Crippen LogP contribution in [-0.2, 0) is 5.41 Å². The molecule has 3 aromatic rings. The minimum Gasteiger partial charge on any atom is -0.356 e. The lowest BCUT2D eigenvalue weighted by Crippen LogP contribution is -2.32. The van der Waals surface area contributed by atoms with E-state index in [1.807, 2.05) is 6.07 Å². The molecule has 0 unspecified atom stereocenters. The Labute approximate surface area is 179 Å². The Kier molecular flexibility index (Phi) is 5.07. The van der Waals surface area contributed by atoms with Gasteiger partial charge in [0.05, 0.1) is 11.3 Å². The second-order valence-corrected chi connectivity index (χ2v) is 9.60. The van der Waals surface area contributed by atoms with Crippen molar-refractivity contribution >= 4 is 11.5 Å². The Morgan fingerprint density at radius 2 is 1.87 bits per heavy atom. The molecule has 0 saturated carbocycles. The molecule has 156 valence electrons. The average molecular weight is 402 g/mol. The molecule has 4 rings (SSSR count). The highest BCUT2D eigenvalue weighted by molar-refractivity contribution is 5.85. The number of hydrogen-bond donors (Lipinski definition) is 0. The van der Waals surface area contributed by atoms with Gasteiger partial charge in [0.25, 0.3) is 0 Å². The summed E-state index contributed by atoms with van der Waals surface area (Å²) in [5, 5.41) is 10.0. The van der Waals surface area contributed by atoms with E-state index in [9.17, 15) is 5.26 Å². The van der Waals surface area contributed by atoms with Crippen LogP contribution < -0.4 is 4.90 Å². The fourth-order valence-electron chi connectivity index (χ4n) is 4.41. The molecule has 5 nitrogen and oxygen atoms in total. The predicted octanol–water partition coefficient (Wildman–Crippen LogP) is 4.62. The van der Waals surface area contributed by atoms with E-state index in [0.29, 0.717) is 11.6 Å². The van der Waals surface area contributed by atoms with Crippen molar-refractivity contribution in [2.75, 3.05) is 32.1 Å². The van der Waals surface area contributed by atoms with Gasteiger partial charge in [0.1, 0.15) is 11.9 Å². The number of hydrogen-bond acceptors (Lipinski definition) is 4. The van der Waals surface area contributed by atoms with Crippen molar-refractivity contribution in [2.24, 2.45) is 0 Å². The van der Waals surface area contributed by atoms with E-state index in [1.165, 1.54) is 0 Å². The van der Waals surface area contributed by atoms with Crippen LogP contribution in [0.4, 0.5) is 5.82 Å². The molecule has 1 aromatic carbocycles. The lowest BCUT2D eigenvalue weighted by Gasteiger charge is -2.27. The molecule has 1 aliphatic rings. The second-order valence-electron chi connectivity index (χ2n) is 9.60. The van der Waals surface area contributed by atoms with Crippen LogP contribution in [-0.4, -0.2) is 47.5 Å². The molecule has 3 heterocycles. The van der Waals surface area contributed by atoms with Crippen LogP contribution in [0.15, 0.2) is 36.5 Å².